The number of hydrogen-bond acceptors (Lipinski definition) is 3. The lowest BCUT2D eigenvalue weighted by molar-refractivity contribution is -0.123. The number of rotatable bonds is 5. The number of aromatic nitrogens is 2. The average Bonchev–Trinajstić information content (AvgIpc) is 2.98. The van der Waals surface area contributed by atoms with Crippen LogP contribution in [0.25, 0.3) is 5.69 Å². The van der Waals surface area contributed by atoms with Crippen LogP contribution in [0.3, 0.4) is 0 Å². The van der Waals surface area contributed by atoms with Gasteiger partial charge in [0.2, 0.25) is 5.91 Å². The second-order valence-electron chi connectivity index (χ2n) is 5.07. The second-order valence-corrected chi connectivity index (χ2v) is 5.07. The predicted molar refractivity (Wildman–Crippen MR) is 85.5 cm³/mol. The molecule has 0 fully saturated rings. The lowest BCUT2D eigenvalue weighted by Crippen LogP contribution is -2.43. The van der Waals surface area contributed by atoms with Gasteiger partial charge in [0, 0.05) is 18.9 Å². The Kier molecular flexibility index (Phi) is 6.39. The van der Waals surface area contributed by atoms with Crippen molar-refractivity contribution >= 4 is 18.3 Å². The molecule has 0 spiro atoms. The van der Waals surface area contributed by atoms with Gasteiger partial charge in [0.05, 0.1) is 11.7 Å². The van der Waals surface area contributed by atoms with E-state index in [0.717, 1.165) is 11.3 Å². The number of nitrogens with zero attached hydrogens (tertiary/aromatic N) is 2. The summed E-state index contributed by atoms with van der Waals surface area (Å²) in [4.78, 5) is 11.9. The third-order valence-corrected chi connectivity index (χ3v) is 3.22. The van der Waals surface area contributed by atoms with Gasteiger partial charge in [0.25, 0.3) is 0 Å². The molecule has 0 radical (unpaired) electrons. The van der Waals surface area contributed by atoms with E-state index in [9.17, 15) is 4.79 Å². The third kappa shape index (κ3) is 4.31. The Morgan fingerprint density at radius 3 is 2.67 bits per heavy atom. The molecular formula is C15H21ClN4O. The van der Waals surface area contributed by atoms with Gasteiger partial charge in [0.1, 0.15) is 0 Å². The molecule has 1 aromatic carbocycles. The van der Waals surface area contributed by atoms with Crippen molar-refractivity contribution in [1.29, 1.82) is 0 Å². The average molecular weight is 309 g/mol. The van der Waals surface area contributed by atoms with Crippen LogP contribution >= 0.6 is 12.4 Å². The van der Waals surface area contributed by atoms with Crippen molar-refractivity contribution in [3.05, 3.63) is 48.3 Å². The highest BCUT2D eigenvalue weighted by Crippen LogP contribution is 2.13. The predicted octanol–water partition coefficient (Wildman–Crippen LogP) is 1.89. The standard InChI is InChI=1S/C15H20N4O.ClH/c1-11(2)14(16)15(20)17-10-12-6-3-4-7-13(12)19-9-5-8-18-19;/h3-9,11,14H,10,16H2,1-2H3,(H,17,20);1H. The normalized spacial score (nSPS) is 11.8. The summed E-state index contributed by atoms with van der Waals surface area (Å²) in [6.45, 7) is 4.30. The highest BCUT2D eigenvalue weighted by molar-refractivity contribution is 5.85. The minimum absolute atomic E-state index is 0. The van der Waals surface area contributed by atoms with Crippen LogP contribution in [0.1, 0.15) is 19.4 Å². The van der Waals surface area contributed by atoms with E-state index in [0.29, 0.717) is 6.54 Å². The number of carbonyl (C=O) groups is 1. The molecule has 1 aromatic heterocycles. The summed E-state index contributed by atoms with van der Waals surface area (Å²) >= 11 is 0. The smallest absolute Gasteiger partial charge is 0.237 e. The van der Waals surface area contributed by atoms with Crippen LogP contribution < -0.4 is 11.1 Å². The van der Waals surface area contributed by atoms with E-state index in [1.807, 2.05) is 50.4 Å². The zero-order valence-corrected chi connectivity index (χ0v) is 13.0. The number of halogens is 1. The third-order valence-electron chi connectivity index (χ3n) is 3.22. The lowest BCUT2D eigenvalue weighted by atomic mass is 10.0. The molecule has 0 aliphatic carbocycles. The van der Waals surface area contributed by atoms with Crippen LogP contribution in [0.15, 0.2) is 42.7 Å². The summed E-state index contributed by atoms with van der Waals surface area (Å²) in [6.07, 6.45) is 3.60. The van der Waals surface area contributed by atoms with Gasteiger partial charge in [-0.2, -0.15) is 5.10 Å². The van der Waals surface area contributed by atoms with Gasteiger partial charge in [-0.15, -0.1) is 12.4 Å². The van der Waals surface area contributed by atoms with E-state index in [1.165, 1.54) is 0 Å². The SMILES string of the molecule is CC(C)C(N)C(=O)NCc1ccccc1-n1cccn1.Cl. The number of amides is 1. The van der Waals surface area contributed by atoms with Crippen LogP contribution in [0.2, 0.25) is 0 Å². The first-order valence-electron chi connectivity index (χ1n) is 6.71. The van der Waals surface area contributed by atoms with Crippen LogP contribution in [-0.4, -0.2) is 21.7 Å². The zero-order valence-electron chi connectivity index (χ0n) is 12.2. The van der Waals surface area contributed by atoms with Crippen molar-refractivity contribution < 1.29 is 4.79 Å². The number of carbonyl (C=O) groups excluding carboxylic acids is 1. The van der Waals surface area contributed by atoms with Gasteiger partial charge >= 0.3 is 0 Å². The Morgan fingerprint density at radius 1 is 1.33 bits per heavy atom. The number of nitrogens with two attached hydrogens (primary N) is 1. The summed E-state index contributed by atoms with van der Waals surface area (Å²) in [5, 5.41) is 7.09. The first-order chi connectivity index (χ1) is 9.59. The van der Waals surface area contributed by atoms with Gasteiger partial charge < -0.3 is 11.1 Å². The van der Waals surface area contributed by atoms with E-state index >= 15 is 0 Å². The molecule has 1 heterocycles. The number of para-hydroxylation sites is 1. The Labute approximate surface area is 130 Å². The van der Waals surface area contributed by atoms with Crippen LogP contribution in [0.4, 0.5) is 0 Å². The topological polar surface area (TPSA) is 72.9 Å². The highest BCUT2D eigenvalue weighted by atomic mass is 35.5. The number of benzene rings is 1. The van der Waals surface area contributed by atoms with Crippen molar-refractivity contribution in [1.82, 2.24) is 15.1 Å². The van der Waals surface area contributed by atoms with Gasteiger partial charge in [-0.25, -0.2) is 4.68 Å². The van der Waals surface area contributed by atoms with E-state index in [2.05, 4.69) is 10.4 Å². The molecule has 3 N–H and O–H groups in total. The zero-order chi connectivity index (χ0) is 14.5. The van der Waals surface area contributed by atoms with Crippen LogP contribution in [0.5, 0.6) is 0 Å². The lowest BCUT2D eigenvalue weighted by Gasteiger charge is -2.16. The number of nitrogens with one attached hydrogen (secondary N) is 1. The highest BCUT2D eigenvalue weighted by Gasteiger charge is 2.17. The fraction of sp³-hybridized carbons (Fsp3) is 0.333. The van der Waals surface area contributed by atoms with E-state index in [-0.39, 0.29) is 24.2 Å². The molecule has 1 amide bonds. The van der Waals surface area contributed by atoms with Crippen molar-refractivity contribution in [2.75, 3.05) is 0 Å². The van der Waals surface area contributed by atoms with Crippen molar-refractivity contribution in [2.45, 2.75) is 26.4 Å². The summed E-state index contributed by atoms with van der Waals surface area (Å²) in [5.74, 6) is -0.00775. The quantitative estimate of drug-likeness (QED) is 0.886. The maximum Gasteiger partial charge on any atom is 0.237 e. The monoisotopic (exact) mass is 308 g/mol. The van der Waals surface area contributed by atoms with E-state index in [4.69, 9.17) is 5.73 Å². The number of hydrogen-bond donors (Lipinski definition) is 2. The minimum Gasteiger partial charge on any atom is -0.351 e. The van der Waals surface area contributed by atoms with Crippen molar-refractivity contribution in [3.8, 4) is 5.69 Å². The molecule has 0 bridgehead atoms. The molecule has 0 aliphatic heterocycles. The Balaban J connectivity index is 0.00000220. The molecule has 1 atom stereocenters. The van der Waals surface area contributed by atoms with E-state index in [1.54, 1.807) is 10.9 Å². The van der Waals surface area contributed by atoms with Crippen molar-refractivity contribution in [3.63, 3.8) is 0 Å². The molecule has 6 heteroatoms. The van der Waals surface area contributed by atoms with Gasteiger partial charge in [-0.3, -0.25) is 4.79 Å². The molecule has 1 unspecified atom stereocenters. The maximum atomic E-state index is 11.9. The summed E-state index contributed by atoms with van der Waals surface area (Å²) in [7, 11) is 0. The Bertz CT molecular complexity index is 569. The molecular weight excluding hydrogens is 288 g/mol. The second kappa shape index (κ2) is 7.81. The fourth-order valence-corrected chi connectivity index (χ4v) is 1.90. The first-order valence-corrected chi connectivity index (χ1v) is 6.71. The van der Waals surface area contributed by atoms with E-state index < -0.39 is 6.04 Å². The first kappa shape index (κ1) is 17.2. The van der Waals surface area contributed by atoms with Crippen LogP contribution in [0, 0.1) is 5.92 Å². The summed E-state index contributed by atoms with van der Waals surface area (Å²) in [6, 6.07) is 9.21. The molecule has 2 rings (SSSR count). The molecule has 114 valence electrons. The Morgan fingerprint density at radius 2 is 2.05 bits per heavy atom. The van der Waals surface area contributed by atoms with Crippen LogP contribution in [-0.2, 0) is 11.3 Å². The molecule has 5 nitrogen and oxygen atoms in total. The molecule has 21 heavy (non-hydrogen) atoms. The summed E-state index contributed by atoms with van der Waals surface area (Å²) in [5.41, 5.74) is 7.78. The van der Waals surface area contributed by atoms with Gasteiger partial charge in [-0.1, -0.05) is 32.0 Å². The molecule has 0 saturated carbocycles. The molecule has 2 aromatic rings. The summed E-state index contributed by atoms with van der Waals surface area (Å²) < 4.78 is 1.78. The largest absolute Gasteiger partial charge is 0.351 e. The maximum absolute atomic E-state index is 11.9. The van der Waals surface area contributed by atoms with Crippen molar-refractivity contribution in [2.24, 2.45) is 11.7 Å². The van der Waals surface area contributed by atoms with Gasteiger partial charge in [-0.05, 0) is 23.6 Å². The fourth-order valence-electron chi connectivity index (χ4n) is 1.90. The Hall–Kier alpha value is -1.85. The molecule has 0 saturated heterocycles. The minimum atomic E-state index is -0.480. The van der Waals surface area contributed by atoms with Gasteiger partial charge in [0.15, 0.2) is 0 Å². The molecule has 0 aliphatic rings.